The van der Waals surface area contributed by atoms with Gasteiger partial charge in [-0.3, -0.25) is 9.48 Å². The van der Waals surface area contributed by atoms with Gasteiger partial charge in [-0.15, -0.1) is 0 Å². The number of nitrogens with zero attached hydrogens (tertiary/aromatic N) is 2. The Morgan fingerprint density at radius 2 is 2.46 bits per heavy atom. The Labute approximate surface area is 74.0 Å². The van der Waals surface area contributed by atoms with Crippen LogP contribution >= 0.6 is 0 Å². The van der Waals surface area contributed by atoms with Crippen molar-refractivity contribution in [3.05, 3.63) is 11.8 Å². The van der Waals surface area contributed by atoms with Gasteiger partial charge in [0.1, 0.15) is 12.5 Å². The molecule has 6 heteroatoms. The summed E-state index contributed by atoms with van der Waals surface area (Å²) in [4.78, 5) is 10.3. The van der Waals surface area contributed by atoms with Gasteiger partial charge in [-0.1, -0.05) is 0 Å². The third-order valence-electron chi connectivity index (χ3n) is 1.53. The van der Waals surface area contributed by atoms with E-state index in [4.69, 9.17) is 10.8 Å². The normalized spacial score (nSPS) is 10.2. The highest BCUT2D eigenvalue weighted by molar-refractivity contribution is 5.71. The lowest BCUT2D eigenvalue weighted by atomic mass is 10.2. The van der Waals surface area contributed by atoms with Crippen LogP contribution in [0.5, 0.6) is 0 Å². The van der Waals surface area contributed by atoms with Crippen LogP contribution in [0.15, 0.2) is 6.20 Å². The molecule has 13 heavy (non-hydrogen) atoms. The smallest absolute Gasteiger partial charge is 0.308 e. The van der Waals surface area contributed by atoms with Gasteiger partial charge in [0.15, 0.2) is 0 Å². The molecule has 1 aromatic heterocycles. The number of halogens is 1. The molecule has 1 rings (SSSR count). The number of hydrogen-bond acceptors (Lipinski definition) is 3. The largest absolute Gasteiger partial charge is 0.481 e. The van der Waals surface area contributed by atoms with Gasteiger partial charge in [0.2, 0.25) is 0 Å². The molecule has 1 aromatic rings. The van der Waals surface area contributed by atoms with E-state index < -0.39 is 12.6 Å². The van der Waals surface area contributed by atoms with Crippen molar-refractivity contribution in [1.29, 1.82) is 0 Å². The molecule has 72 valence electrons. The Hall–Kier alpha value is -1.59. The highest BCUT2D eigenvalue weighted by atomic mass is 19.1. The minimum Gasteiger partial charge on any atom is -0.481 e. The SMILES string of the molecule is Nc1nn(CCF)cc1CC(=O)O. The summed E-state index contributed by atoms with van der Waals surface area (Å²) >= 11 is 0. The Morgan fingerprint density at radius 1 is 1.77 bits per heavy atom. The maximum absolute atomic E-state index is 11.9. The van der Waals surface area contributed by atoms with E-state index in [0.29, 0.717) is 5.56 Å². The van der Waals surface area contributed by atoms with Crippen LogP contribution < -0.4 is 5.73 Å². The lowest BCUT2D eigenvalue weighted by Crippen LogP contribution is -2.01. The van der Waals surface area contributed by atoms with Gasteiger partial charge in [0.25, 0.3) is 0 Å². The minimum absolute atomic E-state index is 0.101. The maximum Gasteiger partial charge on any atom is 0.308 e. The van der Waals surface area contributed by atoms with Crippen molar-refractivity contribution in [2.45, 2.75) is 13.0 Å². The number of aliphatic carboxylic acids is 1. The van der Waals surface area contributed by atoms with Crippen LogP contribution in [0.3, 0.4) is 0 Å². The number of rotatable bonds is 4. The van der Waals surface area contributed by atoms with Crippen LogP contribution in [0.25, 0.3) is 0 Å². The third-order valence-corrected chi connectivity index (χ3v) is 1.53. The molecule has 0 spiro atoms. The summed E-state index contributed by atoms with van der Waals surface area (Å²) in [7, 11) is 0. The highest BCUT2D eigenvalue weighted by Crippen LogP contribution is 2.09. The summed E-state index contributed by atoms with van der Waals surface area (Å²) in [5.74, 6) is -0.831. The molecule has 0 radical (unpaired) electrons. The third kappa shape index (κ3) is 2.43. The van der Waals surface area contributed by atoms with Crippen molar-refractivity contribution in [3.63, 3.8) is 0 Å². The molecule has 0 atom stereocenters. The molecule has 1 heterocycles. The molecule has 0 saturated heterocycles. The standard InChI is InChI=1S/C7H10FN3O2/c8-1-2-11-4-5(3-6(12)13)7(9)10-11/h4H,1-3H2,(H2,9,10)(H,12,13). The molecule has 0 aliphatic rings. The van der Waals surface area contributed by atoms with E-state index in [1.165, 1.54) is 10.9 Å². The zero-order valence-corrected chi connectivity index (χ0v) is 6.90. The number of aryl methyl sites for hydroxylation is 1. The van der Waals surface area contributed by atoms with E-state index in [1.807, 2.05) is 0 Å². The fourth-order valence-corrected chi connectivity index (χ4v) is 0.978. The van der Waals surface area contributed by atoms with E-state index in [2.05, 4.69) is 5.10 Å². The molecule has 0 aliphatic carbocycles. The molecular weight excluding hydrogens is 177 g/mol. The van der Waals surface area contributed by atoms with Crippen LogP contribution in [0.1, 0.15) is 5.56 Å². The van der Waals surface area contributed by atoms with Crippen molar-refractivity contribution in [3.8, 4) is 0 Å². The molecule has 0 saturated carbocycles. The van der Waals surface area contributed by atoms with Crippen molar-refractivity contribution >= 4 is 11.8 Å². The number of alkyl halides is 1. The van der Waals surface area contributed by atoms with E-state index in [9.17, 15) is 9.18 Å². The predicted octanol–water partition coefficient (Wildman–Crippen LogP) is 0.0619. The Kier molecular flexibility index (Phi) is 2.84. The van der Waals surface area contributed by atoms with E-state index in [-0.39, 0.29) is 18.8 Å². The Morgan fingerprint density at radius 3 is 3.00 bits per heavy atom. The summed E-state index contributed by atoms with van der Waals surface area (Å²) in [6.45, 7) is -0.447. The molecular formula is C7H10FN3O2. The molecule has 0 aromatic carbocycles. The number of hydrogen-bond donors (Lipinski definition) is 2. The van der Waals surface area contributed by atoms with E-state index in [1.54, 1.807) is 0 Å². The van der Waals surface area contributed by atoms with Crippen molar-refractivity contribution < 1.29 is 14.3 Å². The second-order valence-electron chi connectivity index (χ2n) is 2.56. The predicted molar refractivity (Wildman–Crippen MR) is 44.0 cm³/mol. The van der Waals surface area contributed by atoms with Crippen LogP contribution in [-0.4, -0.2) is 27.5 Å². The fraction of sp³-hybridized carbons (Fsp3) is 0.429. The molecule has 0 aliphatic heterocycles. The van der Waals surface area contributed by atoms with Crippen molar-refractivity contribution in [1.82, 2.24) is 9.78 Å². The first kappa shape index (κ1) is 9.50. The molecule has 0 unspecified atom stereocenters. The van der Waals surface area contributed by atoms with Crippen LogP contribution in [0.4, 0.5) is 10.2 Å². The highest BCUT2D eigenvalue weighted by Gasteiger charge is 2.08. The van der Waals surface area contributed by atoms with Crippen LogP contribution in [0.2, 0.25) is 0 Å². The topological polar surface area (TPSA) is 81.1 Å². The number of anilines is 1. The second kappa shape index (κ2) is 3.88. The van der Waals surface area contributed by atoms with Gasteiger partial charge in [-0.05, 0) is 0 Å². The number of carboxylic acids is 1. The maximum atomic E-state index is 11.9. The summed E-state index contributed by atoms with van der Waals surface area (Å²) in [5, 5.41) is 12.2. The summed E-state index contributed by atoms with van der Waals surface area (Å²) in [6.07, 6.45) is 1.27. The Bertz CT molecular complexity index is 311. The van der Waals surface area contributed by atoms with Crippen LogP contribution in [-0.2, 0) is 17.8 Å². The van der Waals surface area contributed by atoms with Gasteiger partial charge in [-0.2, -0.15) is 5.10 Å². The number of nitrogens with two attached hydrogens (primary N) is 1. The first-order valence-corrected chi connectivity index (χ1v) is 3.73. The molecule has 0 amide bonds. The van der Waals surface area contributed by atoms with Gasteiger partial charge in [0, 0.05) is 11.8 Å². The van der Waals surface area contributed by atoms with Gasteiger partial charge >= 0.3 is 5.97 Å². The van der Waals surface area contributed by atoms with E-state index >= 15 is 0 Å². The van der Waals surface area contributed by atoms with Gasteiger partial charge < -0.3 is 10.8 Å². The monoisotopic (exact) mass is 187 g/mol. The lowest BCUT2D eigenvalue weighted by molar-refractivity contribution is -0.136. The van der Waals surface area contributed by atoms with Gasteiger partial charge in [0.05, 0.1) is 13.0 Å². The first-order valence-electron chi connectivity index (χ1n) is 3.73. The summed E-state index contributed by atoms with van der Waals surface area (Å²) < 4.78 is 13.2. The number of nitrogen functional groups attached to an aromatic ring is 1. The van der Waals surface area contributed by atoms with Crippen molar-refractivity contribution in [2.24, 2.45) is 0 Å². The molecule has 0 fully saturated rings. The average Bonchev–Trinajstić information content (AvgIpc) is 2.31. The quantitative estimate of drug-likeness (QED) is 0.698. The average molecular weight is 187 g/mol. The second-order valence-corrected chi connectivity index (χ2v) is 2.56. The zero-order chi connectivity index (χ0) is 9.84. The van der Waals surface area contributed by atoms with Gasteiger partial charge in [-0.25, -0.2) is 4.39 Å². The lowest BCUT2D eigenvalue weighted by Gasteiger charge is -1.92. The number of aromatic nitrogens is 2. The Balaban J connectivity index is 2.77. The number of carboxylic acid groups (broad SMARTS) is 1. The van der Waals surface area contributed by atoms with Crippen LogP contribution in [0, 0.1) is 0 Å². The molecule has 5 nitrogen and oxygen atoms in total. The molecule has 3 N–H and O–H groups in total. The summed E-state index contributed by atoms with van der Waals surface area (Å²) in [5.41, 5.74) is 5.82. The number of carbonyl (C=O) groups is 1. The summed E-state index contributed by atoms with van der Waals surface area (Å²) in [6, 6.07) is 0. The first-order chi connectivity index (χ1) is 6.13. The van der Waals surface area contributed by atoms with E-state index in [0.717, 1.165) is 0 Å². The zero-order valence-electron chi connectivity index (χ0n) is 6.90. The van der Waals surface area contributed by atoms with Crippen molar-refractivity contribution in [2.75, 3.05) is 12.4 Å². The fourth-order valence-electron chi connectivity index (χ4n) is 0.978. The minimum atomic E-state index is -0.980. The molecule has 0 bridgehead atoms.